The number of ketones is 1. The number of rotatable bonds is 7. The summed E-state index contributed by atoms with van der Waals surface area (Å²) in [5.74, 6) is 0.616. The van der Waals surface area contributed by atoms with Gasteiger partial charge in [-0.3, -0.25) is 10.2 Å². The highest BCUT2D eigenvalue weighted by atomic mass is 79.9. The van der Waals surface area contributed by atoms with Crippen LogP contribution in [0.4, 0.5) is 5.69 Å². The number of benzene rings is 2. The first-order valence-electron chi connectivity index (χ1n) is 11.6. The van der Waals surface area contributed by atoms with Gasteiger partial charge in [0.25, 0.3) is 0 Å². The van der Waals surface area contributed by atoms with E-state index in [1.54, 1.807) is 24.3 Å². The number of nitrogens with one attached hydrogen (secondary N) is 1. The first kappa shape index (κ1) is 25.4. The van der Waals surface area contributed by atoms with Gasteiger partial charge < -0.3 is 15.2 Å². The molecule has 0 bridgehead atoms. The maximum Gasteiger partial charge on any atom is 0.175 e. The van der Waals surface area contributed by atoms with Crippen LogP contribution in [0.1, 0.15) is 38.2 Å². The van der Waals surface area contributed by atoms with Crippen molar-refractivity contribution in [3.8, 4) is 17.6 Å². The molecule has 1 aliphatic heterocycles. The number of carbonyl (C=O) groups is 1. The van der Waals surface area contributed by atoms with Crippen molar-refractivity contribution in [2.75, 3.05) is 19.1 Å². The Balaban J connectivity index is 1.91. The Bertz CT molecular complexity index is 1310. The third-order valence-corrected chi connectivity index (χ3v) is 6.92. The van der Waals surface area contributed by atoms with Gasteiger partial charge in [-0.05, 0) is 57.6 Å². The molecule has 2 aliphatic rings. The van der Waals surface area contributed by atoms with E-state index in [-0.39, 0.29) is 17.0 Å². The maximum atomic E-state index is 13.7. The summed E-state index contributed by atoms with van der Waals surface area (Å²) >= 11 is 3.58. The number of carbonyl (C=O) groups excluding carboxylic acids is 1. The van der Waals surface area contributed by atoms with Crippen molar-refractivity contribution in [3.63, 3.8) is 0 Å². The van der Waals surface area contributed by atoms with Crippen LogP contribution in [0.15, 0.2) is 82.3 Å². The van der Waals surface area contributed by atoms with Gasteiger partial charge >= 0.3 is 0 Å². The van der Waals surface area contributed by atoms with E-state index in [0.29, 0.717) is 52.1 Å². The SMILES string of the molecule is C=CCOc1c(Br)cc([C@@H]2C(C#N)=C(N)N(Nc3ccccc3)C3=C2C(=O)CC(C)(C)C3)cc1OC. The van der Waals surface area contributed by atoms with E-state index in [4.69, 9.17) is 15.2 Å². The molecule has 1 aliphatic carbocycles. The van der Waals surface area contributed by atoms with E-state index in [1.165, 1.54) is 0 Å². The van der Waals surface area contributed by atoms with Crippen LogP contribution in [0.25, 0.3) is 0 Å². The van der Waals surface area contributed by atoms with E-state index >= 15 is 0 Å². The lowest BCUT2D eigenvalue weighted by molar-refractivity contribution is -0.118. The number of halogens is 1. The predicted molar refractivity (Wildman–Crippen MR) is 143 cm³/mol. The fraction of sp³-hybridized carbons (Fsp3) is 0.286. The minimum Gasteiger partial charge on any atom is -0.493 e. The van der Waals surface area contributed by atoms with Crippen LogP contribution >= 0.6 is 15.9 Å². The molecular formula is C28H29BrN4O3. The number of para-hydroxylation sites is 1. The van der Waals surface area contributed by atoms with Crippen LogP contribution in [0.5, 0.6) is 11.5 Å². The molecule has 0 fully saturated rings. The first-order valence-corrected chi connectivity index (χ1v) is 12.4. The zero-order chi connectivity index (χ0) is 26.0. The number of ether oxygens (including phenoxy) is 2. The highest BCUT2D eigenvalue weighted by molar-refractivity contribution is 9.10. The molecule has 1 heterocycles. The molecule has 0 aromatic heterocycles. The normalized spacial score (nSPS) is 18.9. The molecule has 0 spiro atoms. The monoisotopic (exact) mass is 548 g/mol. The number of hydrogen-bond donors (Lipinski definition) is 2. The molecule has 0 amide bonds. The number of nitriles is 1. The summed E-state index contributed by atoms with van der Waals surface area (Å²) in [6.45, 7) is 8.12. The van der Waals surface area contributed by atoms with Crippen molar-refractivity contribution >= 4 is 27.4 Å². The molecule has 4 rings (SSSR count). The quantitative estimate of drug-likeness (QED) is 0.422. The van der Waals surface area contributed by atoms with Crippen LogP contribution in [-0.4, -0.2) is 24.5 Å². The molecule has 1 atom stereocenters. The lowest BCUT2D eigenvalue weighted by Gasteiger charge is -2.43. The molecular weight excluding hydrogens is 520 g/mol. The number of methoxy groups -OCH3 is 1. The fourth-order valence-electron chi connectivity index (χ4n) is 4.80. The number of nitrogens with zero attached hydrogens (tertiary/aromatic N) is 2. The van der Waals surface area contributed by atoms with Gasteiger partial charge in [-0.1, -0.05) is 44.7 Å². The second kappa shape index (κ2) is 10.1. The number of hydrazine groups is 1. The molecule has 2 aromatic carbocycles. The molecule has 186 valence electrons. The van der Waals surface area contributed by atoms with Gasteiger partial charge in [-0.2, -0.15) is 5.26 Å². The van der Waals surface area contributed by atoms with Crippen molar-refractivity contribution in [1.29, 1.82) is 5.26 Å². The summed E-state index contributed by atoms with van der Waals surface area (Å²) in [7, 11) is 1.55. The van der Waals surface area contributed by atoms with Crippen LogP contribution in [0, 0.1) is 16.7 Å². The number of allylic oxidation sites excluding steroid dienone is 3. The molecule has 2 aromatic rings. The van der Waals surface area contributed by atoms with Crippen molar-refractivity contribution in [3.05, 3.63) is 87.8 Å². The van der Waals surface area contributed by atoms with E-state index in [1.807, 2.05) is 36.4 Å². The number of hydrogen-bond acceptors (Lipinski definition) is 7. The lowest BCUT2D eigenvalue weighted by Crippen LogP contribution is -2.44. The van der Waals surface area contributed by atoms with Crippen molar-refractivity contribution in [2.45, 2.75) is 32.6 Å². The summed E-state index contributed by atoms with van der Waals surface area (Å²) in [4.78, 5) is 13.7. The maximum absolute atomic E-state index is 13.7. The van der Waals surface area contributed by atoms with Crippen LogP contribution in [0.3, 0.4) is 0 Å². The molecule has 3 N–H and O–H groups in total. The minimum absolute atomic E-state index is 0.00608. The molecule has 36 heavy (non-hydrogen) atoms. The molecule has 0 unspecified atom stereocenters. The minimum atomic E-state index is -0.638. The third kappa shape index (κ3) is 4.71. The van der Waals surface area contributed by atoms with E-state index in [2.05, 4.69) is 47.9 Å². The van der Waals surface area contributed by atoms with Gasteiger partial charge in [0.15, 0.2) is 17.3 Å². The van der Waals surface area contributed by atoms with Gasteiger partial charge in [-0.25, -0.2) is 5.01 Å². The molecule has 8 heteroatoms. The zero-order valence-corrected chi connectivity index (χ0v) is 22.2. The van der Waals surface area contributed by atoms with Crippen LogP contribution in [-0.2, 0) is 4.79 Å². The fourth-order valence-corrected chi connectivity index (χ4v) is 5.37. The molecule has 0 saturated carbocycles. The van der Waals surface area contributed by atoms with E-state index < -0.39 is 5.92 Å². The average Bonchev–Trinajstić information content (AvgIpc) is 2.84. The summed E-state index contributed by atoms with van der Waals surface area (Å²) in [6.07, 6.45) is 2.63. The van der Waals surface area contributed by atoms with Gasteiger partial charge in [-0.15, -0.1) is 0 Å². The second-order valence-corrected chi connectivity index (χ2v) is 10.4. The van der Waals surface area contributed by atoms with Gasteiger partial charge in [0.2, 0.25) is 0 Å². The highest BCUT2D eigenvalue weighted by Gasteiger charge is 2.45. The standard InChI is InChI=1S/C28H29BrN4O3/c1-5-11-36-26-20(29)12-17(13-23(26)35-4)24-19(16-30)27(31)33(32-18-9-7-6-8-10-18)21-14-28(2,3)15-22(34)25(21)24/h5-10,12-13,24,32H,1,11,14-15,31H2,2-4H3/t24-/m1/s1. The van der Waals surface area contributed by atoms with E-state index in [9.17, 15) is 10.1 Å². The third-order valence-electron chi connectivity index (χ3n) is 6.33. The Morgan fingerprint density at radius 2 is 2.03 bits per heavy atom. The highest BCUT2D eigenvalue weighted by Crippen LogP contribution is 2.50. The smallest absolute Gasteiger partial charge is 0.175 e. The number of nitrogens with two attached hydrogens (primary N) is 1. The second-order valence-electron chi connectivity index (χ2n) is 9.59. The predicted octanol–water partition coefficient (Wildman–Crippen LogP) is 5.79. The van der Waals surface area contributed by atoms with Crippen LogP contribution < -0.4 is 20.6 Å². The van der Waals surface area contributed by atoms with Crippen molar-refractivity contribution < 1.29 is 14.3 Å². The Hall–Kier alpha value is -3.70. The average molecular weight is 549 g/mol. The summed E-state index contributed by atoms with van der Waals surface area (Å²) in [5.41, 5.74) is 12.8. The Kier molecular flexibility index (Phi) is 7.14. The Morgan fingerprint density at radius 1 is 1.31 bits per heavy atom. The number of anilines is 1. The number of Topliss-reactive ketones (excluding diaryl/α,β-unsaturated/α-hetero) is 1. The van der Waals surface area contributed by atoms with Gasteiger partial charge in [0.1, 0.15) is 12.4 Å². The van der Waals surface area contributed by atoms with Gasteiger partial charge in [0, 0.05) is 12.0 Å². The lowest BCUT2D eigenvalue weighted by atomic mass is 9.69. The summed E-state index contributed by atoms with van der Waals surface area (Å²) in [5, 5.41) is 12.0. The Morgan fingerprint density at radius 3 is 2.67 bits per heavy atom. The Labute approximate surface area is 220 Å². The van der Waals surface area contributed by atoms with Crippen molar-refractivity contribution in [2.24, 2.45) is 11.1 Å². The molecule has 0 saturated heterocycles. The summed E-state index contributed by atoms with van der Waals surface area (Å²) < 4.78 is 12.0. The zero-order valence-electron chi connectivity index (χ0n) is 20.6. The molecule has 0 radical (unpaired) electrons. The largest absolute Gasteiger partial charge is 0.493 e. The van der Waals surface area contributed by atoms with Crippen molar-refractivity contribution in [1.82, 2.24) is 5.01 Å². The van der Waals surface area contributed by atoms with E-state index in [0.717, 1.165) is 11.4 Å². The summed E-state index contributed by atoms with van der Waals surface area (Å²) in [6, 6.07) is 15.5. The molecule has 7 nitrogen and oxygen atoms in total. The van der Waals surface area contributed by atoms with Gasteiger partial charge in [0.05, 0.1) is 40.5 Å². The topological polar surface area (TPSA) is 101 Å². The first-order chi connectivity index (χ1) is 17.2. The van der Waals surface area contributed by atoms with Crippen LogP contribution in [0.2, 0.25) is 0 Å².